The second kappa shape index (κ2) is 5.81. The Morgan fingerprint density at radius 3 is 2.68 bits per heavy atom. The van der Waals surface area contributed by atoms with Gasteiger partial charge >= 0.3 is 0 Å². The highest BCUT2D eigenvalue weighted by molar-refractivity contribution is 6.10. The number of anilines is 1. The first-order valence-electron chi connectivity index (χ1n) is 8.34. The van der Waals surface area contributed by atoms with Crippen molar-refractivity contribution >= 4 is 17.7 Å². The van der Waals surface area contributed by atoms with Crippen LogP contribution in [0.4, 0.5) is 5.69 Å². The molecular formula is C21H19NO3. The number of amides is 1. The minimum atomic E-state index is -1.14. The van der Waals surface area contributed by atoms with Gasteiger partial charge in [-0.15, -0.1) is 0 Å². The molecular weight excluding hydrogens is 314 g/mol. The van der Waals surface area contributed by atoms with Crippen molar-refractivity contribution in [3.63, 3.8) is 0 Å². The van der Waals surface area contributed by atoms with Crippen molar-refractivity contribution in [3.05, 3.63) is 77.6 Å². The zero-order chi connectivity index (χ0) is 17.4. The van der Waals surface area contributed by atoms with Gasteiger partial charge in [0.1, 0.15) is 11.5 Å². The van der Waals surface area contributed by atoms with Gasteiger partial charge in [0, 0.05) is 6.54 Å². The number of nitrogens with zero attached hydrogens (tertiary/aromatic N) is 1. The highest BCUT2D eigenvalue weighted by Gasteiger charge is 2.55. The number of allylic oxidation sites excluding steroid dienone is 1. The average molecular weight is 333 g/mol. The van der Waals surface area contributed by atoms with Gasteiger partial charge in [-0.05, 0) is 42.8 Å². The first kappa shape index (κ1) is 15.5. The molecule has 1 atom stereocenters. The first-order valence-corrected chi connectivity index (χ1v) is 8.34. The molecule has 2 aromatic carbocycles. The molecule has 1 spiro atoms. The molecule has 2 heterocycles. The lowest BCUT2D eigenvalue weighted by atomic mass is 9.95. The number of carbonyl (C=O) groups is 1. The maximum Gasteiger partial charge on any atom is 0.280 e. The Bertz CT molecular complexity index is 885. The molecule has 0 N–H and O–H groups in total. The number of fused-ring (bicyclic) bond motifs is 2. The Balaban J connectivity index is 1.81. The number of hydrogen-bond donors (Lipinski definition) is 0. The molecule has 126 valence electrons. The molecule has 2 aliphatic rings. The summed E-state index contributed by atoms with van der Waals surface area (Å²) in [5, 5.41) is 0. The molecule has 4 nitrogen and oxygen atoms in total. The third kappa shape index (κ3) is 2.25. The zero-order valence-electron chi connectivity index (χ0n) is 14.2. The lowest BCUT2D eigenvalue weighted by molar-refractivity contribution is -0.132. The third-order valence-corrected chi connectivity index (χ3v) is 4.64. The normalized spacial score (nSPS) is 22.6. The SMILES string of the molecule is CCN1C(=O)C2(C=C/C(=C/c3ccccc3)O2)c2c(OC)cccc21. The van der Waals surface area contributed by atoms with Gasteiger partial charge in [0.15, 0.2) is 0 Å². The number of ether oxygens (including phenoxy) is 2. The number of carbonyl (C=O) groups excluding carboxylic acids is 1. The largest absolute Gasteiger partial charge is 0.496 e. The fourth-order valence-electron chi connectivity index (χ4n) is 3.51. The van der Waals surface area contributed by atoms with Gasteiger partial charge in [0.25, 0.3) is 5.91 Å². The fraction of sp³-hybridized carbons (Fsp3) is 0.190. The van der Waals surface area contributed by atoms with Crippen LogP contribution >= 0.6 is 0 Å². The second-order valence-electron chi connectivity index (χ2n) is 6.03. The van der Waals surface area contributed by atoms with Crippen LogP contribution in [0.5, 0.6) is 5.75 Å². The van der Waals surface area contributed by atoms with Crippen molar-refractivity contribution in [2.45, 2.75) is 12.5 Å². The number of likely N-dealkylation sites (N-methyl/N-ethyl adjacent to an activating group) is 1. The quantitative estimate of drug-likeness (QED) is 0.855. The summed E-state index contributed by atoms with van der Waals surface area (Å²) in [6, 6.07) is 15.6. The predicted molar refractivity (Wildman–Crippen MR) is 97.3 cm³/mol. The van der Waals surface area contributed by atoms with Crippen LogP contribution in [-0.4, -0.2) is 19.6 Å². The molecule has 4 rings (SSSR count). The van der Waals surface area contributed by atoms with E-state index >= 15 is 0 Å². The lowest BCUT2D eigenvalue weighted by Crippen LogP contribution is -2.39. The molecule has 2 aliphatic heterocycles. The van der Waals surface area contributed by atoms with E-state index in [0.29, 0.717) is 18.1 Å². The molecule has 0 aliphatic carbocycles. The van der Waals surface area contributed by atoms with Crippen molar-refractivity contribution in [2.75, 3.05) is 18.6 Å². The number of methoxy groups -OCH3 is 1. The molecule has 0 saturated heterocycles. The number of hydrogen-bond acceptors (Lipinski definition) is 3. The highest BCUT2D eigenvalue weighted by atomic mass is 16.5. The number of benzene rings is 2. The molecule has 2 aromatic rings. The van der Waals surface area contributed by atoms with E-state index < -0.39 is 5.60 Å². The lowest BCUT2D eigenvalue weighted by Gasteiger charge is -2.23. The average Bonchev–Trinajstić information content (AvgIpc) is 3.16. The Morgan fingerprint density at radius 1 is 1.16 bits per heavy atom. The smallest absolute Gasteiger partial charge is 0.280 e. The molecule has 4 heteroatoms. The molecule has 1 amide bonds. The standard InChI is InChI=1S/C21H19NO3/c1-3-22-17-10-7-11-18(24-2)19(17)21(20(22)23)13-12-16(25-21)14-15-8-5-4-6-9-15/h4-14H,3H2,1-2H3/b16-14-. The first-order chi connectivity index (χ1) is 12.2. The van der Waals surface area contributed by atoms with E-state index in [1.165, 1.54) is 0 Å². The van der Waals surface area contributed by atoms with E-state index in [4.69, 9.17) is 9.47 Å². The Kier molecular flexibility index (Phi) is 3.61. The summed E-state index contributed by atoms with van der Waals surface area (Å²) in [5.74, 6) is 1.24. The predicted octanol–water partition coefficient (Wildman–Crippen LogP) is 3.88. The van der Waals surface area contributed by atoms with E-state index in [1.54, 1.807) is 12.0 Å². The molecule has 0 saturated carbocycles. The van der Waals surface area contributed by atoms with Crippen molar-refractivity contribution in [3.8, 4) is 5.75 Å². The van der Waals surface area contributed by atoms with Crippen LogP contribution in [0.25, 0.3) is 6.08 Å². The topological polar surface area (TPSA) is 38.8 Å². The molecule has 25 heavy (non-hydrogen) atoms. The van der Waals surface area contributed by atoms with Crippen LogP contribution in [0.3, 0.4) is 0 Å². The summed E-state index contributed by atoms with van der Waals surface area (Å²) >= 11 is 0. The second-order valence-corrected chi connectivity index (χ2v) is 6.03. The summed E-state index contributed by atoms with van der Waals surface area (Å²) < 4.78 is 11.7. The maximum absolute atomic E-state index is 13.2. The van der Waals surface area contributed by atoms with Crippen molar-refractivity contribution < 1.29 is 14.3 Å². The molecule has 0 radical (unpaired) electrons. The van der Waals surface area contributed by atoms with Gasteiger partial charge in [-0.3, -0.25) is 4.79 Å². The van der Waals surface area contributed by atoms with Crippen LogP contribution in [0.2, 0.25) is 0 Å². The summed E-state index contributed by atoms with van der Waals surface area (Å²) in [6.45, 7) is 2.54. The van der Waals surface area contributed by atoms with Gasteiger partial charge in [-0.2, -0.15) is 0 Å². The number of rotatable bonds is 3. The van der Waals surface area contributed by atoms with Gasteiger partial charge in [-0.25, -0.2) is 0 Å². The molecule has 1 unspecified atom stereocenters. The minimum Gasteiger partial charge on any atom is -0.496 e. The molecule has 0 bridgehead atoms. The van der Waals surface area contributed by atoms with E-state index in [2.05, 4.69) is 0 Å². The Hall–Kier alpha value is -3.01. The summed E-state index contributed by atoms with van der Waals surface area (Å²) in [5.41, 5.74) is 1.50. The minimum absolute atomic E-state index is 0.0813. The van der Waals surface area contributed by atoms with Crippen LogP contribution in [0.1, 0.15) is 18.1 Å². The summed E-state index contributed by atoms with van der Waals surface area (Å²) in [6.07, 6.45) is 5.63. The Labute approximate surface area is 147 Å². The van der Waals surface area contributed by atoms with Gasteiger partial charge in [-0.1, -0.05) is 36.4 Å². The maximum atomic E-state index is 13.2. The van der Waals surface area contributed by atoms with Crippen molar-refractivity contribution in [1.82, 2.24) is 0 Å². The van der Waals surface area contributed by atoms with Gasteiger partial charge in [0.05, 0.1) is 18.4 Å². The van der Waals surface area contributed by atoms with Crippen molar-refractivity contribution in [1.29, 1.82) is 0 Å². The van der Waals surface area contributed by atoms with Gasteiger partial charge < -0.3 is 14.4 Å². The highest BCUT2D eigenvalue weighted by Crippen LogP contribution is 2.51. The van der Waals surface area contributed by atoms with E-state index in [-0.39, 0.29) is 5.91 Å². The van der Waals surface area contributed by atoms with Crippen LogP contribution in [0.15, 0.2) is 66.4 Å². The zero-order valence-corrected chi connectivity index (χ0v) is 14.2. The van der Waals surface area contributed by atoms with E-state index in [0.717, 1.165) is 16.8 Å². The van der Waals surface area contributed by atoms with E-state index in [1.807, 2.05) is 73.7 Å². The van der Waals surface area contributed by atoms with Crippen molar-refractivity contribution in [2.24, 2.45) is 0 Å². The molecule has 0 fully saturated rings. The molecule has 0 aromatic heterocycles. The summed E-state index contributed by atoms with van der Waals surface area (Å²) in [4.78, 5) is 14.9. The van der Waals surface area contributed by atoms with Crippen LogP contribution in [-0.2, 0) is 15.1 Å². The van der Waals surface area contributed by atoms with Crippen LogP contribution < -0.4 is 9.64 Å². The van der Waals surface area contributed by atoms with Gasteiger partial charge in [0.2, 0.25) is 5.60 Å². The van der Waals surface area contributed by atoms with Crippen LogP contribution in [0, 0.1) is 0 Å². The fourth-order valence-corrected chi connectivity index (χ4v) is 3.51. The van der Waals surface area contributed by atoms with E-state index in [9.17, 15) is 4.79 Å². The monoisotopic (exact) mass is 333 g/mol. The third-order valence-electron chi connectivity index (χ3n) is 4.64. The summed E-state index contributed by atoms with van der Waals surface area (Å²) in [7, 11) is 1.61. The Morgan fingerprint density at radius 2 is 1.96 bits per heavy atom.